The van der Waals surface area contributed by atoms with Crippen LogP contribution in [0.4, 0.5) is 4.39 Å². The molecule has 0 aromatic heterocycles. The van der Waals surface area contributed by atoms with Crippen LogP contribution in [0.1, 0.15) is 22.8 Å². The zero-order chi connectivity index (χ0) is 14.0. The number of rotatable bonds is 3. The molecule has 0 saturated carbocycles. The molecule has 0 bridgehead atoms. The van der Waals surface area contributed by atoms with Crippen LogP contribution in [0.5, 0.6) is 5.75 Å². The maximum absolute atomic E-state index is 13.4. The van der Waals surface area contributed by atoms with E-state index in [9.17, 15) is 9.50 Å². The first-order valence-corrected chi connectivity index (χ1v) is 6.59. The molecule has 1 N–H and O–H groups in total. The van der Waals surface area contributed by atoms with Crippen molar-refractivity contribution in [3.63, 3.8) is 0 Å². The summed E-state index contributed by atoms with van der Waals surface area (Å²) in [5.74, 6) is 0.209. The summed E-state index contributed by atoms with van der Waals surface area (Å²) >= 11 is 3.35. The number of aliphatic hydroxyl groups is 1. The predicted octanol–water partition coefficient (Wildman–Crippen LogP) is 3.99. The average Bonchev–Trinajstić information content (AvgIpc) is 2.36. The fraction of sp³-hybridized carbons (Fsp3) is 0.200. The quantitative estimate of drug-likeness (QED) is 0.925. The van der Waals surface area contributed by atoms with Crippen LogP contribution in [0.15, 0.2) is 40.9 Å². The highest BCUT2D eigenvalue weighted by Crippen LogP contribution is 2.32. The van der Waals surface area contributed by atoms with Crippen molar-refractivity contribution in [1.82, 2.24) is 0 Å². The molecule has 0 aliphatic heterocycles. The average molecular weight is 325 g/mol. The summed E-state index contributed by atoms with van der Waals surface area (Å²) in [7, 11) is 1.54. The largest absolute Gasteiger partial charge is 0.496 e. The van der Waals surface area contributed by atoms with Crippen LogP contribution >= 0.6 is 15.9 Å². The monoisotopic (exact) mass is 324 g/mol. The summed E-state index contributed by atoms with van der Waals surface area (Å²) in [6.07, 6.45) is -0.929. The molecule has 0 aliphatic rings. The highest BCUT2D eigenvalue weighted by atomic mass is 79.9. The van der Waals surface area contributed by atoms with Gasteiger partial charge in [-0.25, -0.2) is 4.39 Å². The molecule has 1 atom stereocenters. The molecule has 0 aliphatic carbocycles. The maximum atomic E-state index is 13.4. The number of aliphatic hydroxyl groups excluding tert-OH is 1. The molecule has 0 spiro atoms. The van der Waals surface area contributed by atoms with Gasteiger partial charge in [0.05, 0.1) is 7.11 Å². The first-order chi connectivity index (χ1) is 9.01. The number of benzene rings is 2. The van der Waals surface area contributed by atoms with Crippen LogP contribution in [-0.4, -0.2) is 12.2 Å². The number of methoxy groups -OCH3 is 1. The van der Waals surface area contributed by atoms with Crippen LogP contribution in [0, 0.1) is 12.7 Å². The number of hydrogen-bond acceptors (Lipinski definition) is 2. The Labute approximate surface area is 120 Å². The molecule has 0 fully saturated rings. The highest BCUT2D eigenvalue weighted by Gasteiger charge is 2.17. The molecule has 0 heterocycles. The van der Waals surface area contributed by atoms with E-state index < -0.39 is 6.10 Å². The zero-order valence-corrected chi connectivity index (χ0v) is 12.2. The van der Waals surface area contributed by atoms with Crippen molar-refractivity contribution in [2.45, 2.75) is 13.0 Å². The van der Waals surface area contributed by atoms with Crippen molar-refractivity contribution in [2.75, 3.05) is 7.11 Å². The lowest BCUT2D eigenvalue weighted by atomic mass is 9.99. The Balaban J connectivity index is 2.48. The summed E-state index contributed by atoms with van der Waals surface area (Å²) < 4.78 is 19.5. The lowest BCUT2D eigenvalue weighted by Crippen LogP contribution is -2.03. The molecular weight excluding hydrogens is 311 g/mol. The minimum atomic E-state index is -0.929. The van der Waals surface area contributed by atoms with Crippen LogP contribution in [-0.2, 0) is 0 Å². The van der Waals surface area contributed by atoms with Gasteiger partial charge in [-0.3, -0.25) is 0 Å². The second-order valence-electron chi connectivity index (χ2n) is 4.35. The van der Waals surface area contributed by atoms with Crippen molar-refractivity contribution < 1.29 is 14.2 Å². The minimum Gasteiger partial charge on any atom is -0.496 e. The SMILES string of the molecule is COc1ccc(Br)cc1C(O)c1cc(C)cc(F)c1. The summed E-state index contributed by atoms with van der Waals surface area (Å²) in [6.45, 7) is 1.79. The van der Waals surface area contributed by atoms with Gasteiger partial charge >= 0.3 is 0 Å². The van der Waals surface area contributed by atoms with Crippen LogP contribution in [0.3, 0.4) is 0 Å². The maximum Gasteiger partial charge on any atom is 0.125 e. The summed E-state index contributed by atoms with van der Waals surface area (Å²) in [5, 5.41) is 10.4. The van der Waals surface area contributed by atoms with Gasteiger partial charge in [0.15, 0.2) is 0 Å². The fourth-order valence-electron chi connectivity index (χ4n) is 2.02. The Morgan fingerprint density at radius 3 is 2.58 bits per heavy atom. The summed E-state index contributed by atoms with van der Waals surface area (Å²) in [5.41, 5.74) is 1.87. The van der Waals surface area contributed by atoms with E-state index in [0.29, 0.717) is 16.9 Å². The molecular formula is C15H14BrFO2. The zero-order valence-electron chi connectivity index (χ0n) is 10.7. The van der Waals surface area contributed by atoms with Crippen molar-refractivity contribution in [3.05, 3.63) is 63.4 Å². The van der Waals surface area contributed by atoms with Crippen LogP contribution in [0.25, 0.3) is 0 Å². The van der Waals surface area contributed by atoms with Gasteiger partial charge < -0.3 is 9.84 Å². The van der Waals surface area contributed by atoms with Gasteiger partial charge in [-0.2, -0.15) is 0 Å². The molecule has 0 amide bonds. The fourth-order valence-corrected chi connectivity index (χ4v) is 2.40. The lowest BCUT2D eigenvalue weighted by molar-refractivity contribution is 0.214. The Hall–Kier alpha value is -1.39. The van der Waals surface area contributed by atoms with Crippen molar-refractivity contribution >= 4 is 15.9 Å². The standard InChI is InChI=1S/C15H14BrFO2/c1-9-5-10(7-12(17)6-9)15(18)13-8-11(16)3-4-14(13)19-2/h3-8,15,18H,1-2H3. The number of hydrogen-bond donors (Lipinski definition) is 1. The first kappa shape index (κ1) is 14.0. The van der Waals surface area contributed by atoms with Crippen molar-refractivity contribution in [1.29, 1.82) is 0 Å². The lowest BCUT2D eigenvalue weighted by Gasteiger charge is -2.16. The van der Waals surface area contributed by atoms with Gasteiger partial charge in [0.25, 0.3) is 0 Å². The van der Waals surface area contributed by atoms with Gasteiger partial charge in [0.1, 0.15) is 17.7 Å². The smallest absolute Gasteiger partial charge is 0.125 e. The number of ether oxygens (including phenoxy) is 1. The second kappa shape index (κ2) is 5.72. The third-order valence-electron chi connectivity index (χ3n) is 2.87. The third kappa shape index (κ3) is 3.14. The van der Waals surface area contributed by atoms with Crippen molar-refractivity contribution in [3.8, 4) is 5.75 Å². The van der Waals surface area contributed by atoms with Gasteiger partial charge in [0.2, 0.25) is 0 Å². The van der Waals surface area contributed by atoms with Gasteiger partial charge in [-0.05, 0) is 48.4 Å². The molecule has 2 aromatic carbocycles. The van der Waals surface area contributed by atoms with E-state index in [0.717, 1.165) is 10.0 Å². The summed E-state index contributed by atoms with van der Waals surface area (Å²) in [6, 6.07) is 9.87. The van der Waals surface area contributed by atoms with E-state index in [1.165, 1.54) is 19.2 Å². The van der Waals surface area contributed by atoms with Gasteiger partial charge in [0, 0.05) is 10.0 Å². The van der Waals surface area contributed by atoms with Crippen LogP contribution < -0.4 is 4.74 Å². The Morgan fingerprint density at radius 2 is 1.95 bits per heavy atom. The molecule has 0 saturated heterocycles. The highest BCUT2D eigenvalue weighted by molar-refractivity contribution is 9.10. The number of halogens is 2. The van der Waals surface area contributed by atoms with E-state index in [-0.39, 0.29) is 5.82 Å². The van der Waals surface area contributed by atoms with E-state index >= 15 is 0 Å². The molecule has 2 rings (SSSR count). The van der Waals surface area contributed by atoms with Gasteiger partial charge in [-0.1, -0.05) is 22.0 Å². The number of aryl methyl sites for hydroxylation is 1. The molecule has 1 unspecified atom stereocenters. The topological polar surface area (TPSA) is 29.5 Å². The molecule has 2 nitrogen and oxygen atoms in total. The summed E-state index contributed by atoms with van der Waals surface area (Å²) in [4.78, 5) is 0. The van der Waals surface area contributed by atoms with E-state index in [1.807, 2.05) is 6.07 Å². The Morgan fingerprint density at radius 1 is 1.21 bits per heavy atom. The van der Waals surface area contributed by atoms with Gasteiger partial charge in [-0.15, -0.1) is 0 Å². The van der Waals surface area contributed by atoms with E-state index in [1.54, 1.807) is 25.1 Å². The molecule has 2 aromatic rings. The van der Waals surface area contributed by atoms with E-state index in [2.05, 4.69) is 15.9 Å². The van der Waals surface area contributed by atoms with Crippen LogP contribution in [0.2, 0.25) is 0 Å². The molecule has 100 valence electrons. The molecule has 0 radical (unpaired) electrons. The Bertz CT molecular complexity index is 578. The first-order valence-electron chi connectivity index (χ1n) is 5.80. The van der Waals surface area contributed by atoms with E-state index in [4.69, 9.17) is 4.74 Å². The minimum absolute atomic E-state index is 0.358. The third-order valence-corrected chi connectivity index (χ3v) is 3.36. The predicted molar refractivity (Wildman–Crippen MR) is 75.9 cm³/mol. The molecule has 19 heavy (non-hydrogen) atoms. The molecule has 4 heteroatoms. The Kier molecular flexibility index (Phi) is 4.22. The second-order valence-corrected chi connectivity index (χ2v) is 5.27. The van der Waals surface area contributed by atoms with Crippen molar-refractivity contribution in [2.24, 2.45) is 0 Å². The normalized spacial score (nSPS) is 12.3.